The van der Waals surface area contributed by atoms with Gasteiger partial charge in [-0.25, -0.2) is 0 Å². The van der Waals surface area contributed by atoms with Gasteiger partial charge in [0, 0.05) is 0 Å². The largest absolute Gasteiger partial charge is 0.0623 e. The molecule has 0 amide bonds. The molecule has 0 aromatic heterocycles. The van der Waals surface area contributed by atoms with E-state index in [9.17, 15) is 0 Å². The van der Waals surface area contributed by atoms with Crippen LogP contribution in [0.5, 0.6) is 0 Å². The third kappa shape index (κ3) is 4.66. The molecule has 0 saturated carbocycles. The van der Waals surface area contributed by atoms with Crippen molar-refractivity contribution in [2.75, 3.05) is 0 Å². The molecular weight excluding hydrogens is 391 g/mol. The molecule has 0 atom stereocenters. The summed E-state index contributed by atoms with van der Waals surface area (Å²) in [4.78, 5) is 0. The summed E-state index contributed by atoms with van der Waals surface area (Å²) in [7, 11) is -2.30. The Balaban J connectivity index is 0.000000334. The van der Waals surface area contributed by atoms with Gasteiger partial charge in [0.25, 0.3) is 0 Å². The molecule has 0 aliphatic carbocycles. The second-order valence-electron chi connectivity index (χ2n) is 7.37. The van der Waals surface area contributed by atoms with E-state index in [1.807, 2.05) is 36.4 Å². The molecule has 0 nitrogen and oxygen atoms in total. The van der Waals surface area contributed by atoms with Gasteiger partial charge in [-0.1, -0.05) is 36.4 Å². The van der Waals surface area contributed by atoms with Crippen LogP contribution in [0.4, 0.5) is 0 Å². The molecule has 0 heterocycles. The van der Waals surface area contributed by atoms with Crippen LogP contribution in [0.15, 0.2) is 158 Å². The van der Waals surface area contributed by atoms with Crippen molar-refractivity contribution in [3.8, 4) is 0 Å². The zero-order valence-electron chi connectivity index (χ0n) is 17.5. The monoisotopic (exact) mass is 418 g/mol. The first kappa shape index (κ1) is 20.8. The first-order valence-corrected chi connectivity index (χ1v) is 12.6. The summed E-state index contributed by atoms with van der Waals surface area (Å²) in [6.07, 6.45) is 0. The summed E-state index contributed by atoms with van der Waals surface area (Å²) in [5.41, 5.74) is 0. The molecule has 0 N–H and O–H groups in total. The van der Waals surface area contributed by atoms with Crippen LogP contribution in [-0.2, 0) is 0 Å². The molecule has 0 fully saturated rings. The third-order valence-electron chi connectivity index (χ3n) is 5.49. The van der Waals surface area contributed by atoms with E-state index in [1.165, 1.54) is 21.2 Å². The standard InChI is InChI=1S/C24H21P.C6H6/c1-5-13-21(14-6-1)25(22-15-7-2-8-16-22,23-17-9-3-10-18-23)24-19-11-4-12-20-24;1-2-4-6-5-3-1/h1-20,25H;1-6H. The molecule has 152 valence electrons. The average molecular weight is 419 g/mol. The van der Waals surface area contributed by atoms with E-state index in [4.69, 9.17) is 0 Å². The minimum Gasteiger partial charge on any atom is -0.0623 e. The molecule has 0 saturated heterocycles. The van der Waals surface area contributed by atoms with Crippen molar-refractivity contribution in [1.82, 2.24) is 0 Å². The molecule has 0 aliphatic rings. The Hall–Kier alpha value is -3.47. The van der Waals surface area contributed by atoms with Crippen LogP contribution in [0, 0.1) is 0 Å². The fraction of sp³-hybridized carbons (Fsp3) is 0. The normalized spacial score (nSPS) is 11.1. The van der Waals surface area contributed by atoms with E-state index in [0.717, 1.165) is 0 Å². The van der Waals surface area contributed by atoms with E-state index in [0.29, 0.717) is 0 Å². The third-order valence-corrected chi connectivity index (χ3v) is 10.3. The van der Waals surface area contributed by atoms with Crippen LogP contribution in [0.25, 0.3) is 0 Å². The summed E-state index contributed by atoms with van der Waals surface area (Å²) in [5, 5.41) is 5.66. The molecule has 1 heteroatoms. The second kappa shape index (κ2) is 10.5. The summed E-state index contributed by atoms with van der Waals surface area (Å²) >= 11 is 0. The van der Waals surface area contributed by atoms with E-state index < -0.39 is 7.26 Å². The Bertz CT molecular complexity index is 949. The Morgan fingerprint density at radius 2 is 0.387 bits per heavy atom. The van der Waals surface area contributed by atoms with Crippen LogP contribution in [0.2, 0.25) is 0 Å². The Kier molecular flexibility index (Phi) is 7.06. The van der Waals surface area contributed by atoms with E-state index in [1.54, 1.807) is 0 Å². The van der Waals surface area contributed by atoms with Gasteiger partial charge in [0.05, 0.1) is 0 Å². The maximum Gasteiger partial charge on any atom is -0.0623 e. The molecule has 0 unspecified atom stereocenters. The summed E-state index contributed by atoms with van der Waals surface area (Å²) < 4.78 is 0. The summed E-state index contributed by atoms with van der Waals surface area (Å²) in [6.45, 7) is 0. The Morgan fingerprint density at radius 1 is 0.226 bits per heavy atom. The van der Waals surface area contributed by atoms with Crippen LogP contribution in [0.3, 0.4) is 0 Å². The van der Waals surface area contributed by atoms with E-state index in [-0.39, 0.29) is 0 Å². The van der Waals surface area contributed by atoms with Crippen LogP contribution in [0.1, 0.15) is 0 Å². The predicted octanol–water partition coefficient (Wildman–Crippen LogP) is 5.72. The predicted molar refractivity (Wildman–Crippen MR) is 139 cm³/mol. The Labute approximate surface area is 186 Å². The number of hydrogen-bond donors (Lipinski definition) is 0. The van der Waals surface area contributed by atoms with Crippen molar-refractivity contribution in [3.05, 3.63) is 158 Å². The van der Waals surface area contributed by atoms with Crippen molar-refractivity contribution in [2.45, 2.75) is 0 Å². The van der Waals surface area contributed by atoms with Crippen molar-refractivity contribution in [3.63, 3.8) is 0 Å². The van der Waals surface area contributed by atoms with Gasteiger partial charge >= 0.3 is 150 Å². The van der Waals surface area contributed by atoms with Crippen molar-refractivity contribution in [1.29, 1.82) is 0 Å². The summed E-state index contributed by atoms with van der Waals surface area (Å²) in [5.74, 6) is 0. The average Bonchev–Trinajstić information content (AvgIpc) is 2.89. The summed E-state index contributed by atoms with van der Waals surface area (Å²) in [6, 6.07) is 56.0. The van der Waals surface area contributed by atoms with Gasteiger partial charge in [0.2, 0.25) is 0 Å². The van der Waals surface area contributed by atoms with Gasteiger partial charge in [-0.05, 0) is 0 Å². The quantitative estimate of drug-likeness (QED) is 0.327. The minimum absolute atomic E-state index is 1.42. The first-order chi connectivity index (χ1) is 15.4. The Morgan fingerprint density at radius 3 is 0.581 bits per heavy atom. The van der Waals surface area contributed by atoms with Gasteiger partial charge in [-0.2, -0.15) is 0 Å². The molecule has 5 rings (SSSR count). The van der Waals surface area contributed by atoms with Crippen LogP contribution < -0.4 is 21.2 Å². The molecule has 0 aliphatic heterocycles. The maximum atomic E-state index is 2.29. The first-order valence-electron chi connectivity index (χ1n) is 10.6. The zero-order chi connectivity index (χ0) is 21.2. The van der Waals surface area contributed by atoms with Crippen molar-refractivity contribution in [2.24, 2.45) is 0 Å². The molecular formula is C30H27P. The van der Waals surface area contributed by atoms with Gasteiger partial charge in [0.1, 0.15) is 0 Å². The van der Waals surface area contributed by atoms with Crippen molar-refractivity contribution < 1.29 is 0 Å². The topological polar surface area (TPSA) is 0 Å². The van der Waals surface area contributed by atoms with E-state index >= 15 is 0 Å². The zero-order valence-corrected chi connectivity index (χ0v) is 18.5. The fourth-order valence-corrected chi connectivity index (χ4v) is 8.91. The fourth-order valence-electron chi connectivity index (χ4n) is 4.14. The molecule has 0 radical (unpaired) electrons. The molecule has 5 aromatic rings. The molecule has 0 spiro atoms. The van der Waals surface area contributed by atoms with Gasteiger partial charge in [-0.15, -0.1) is 0 Å². The van der Waals surface area contributed by atoms with Gasteiger partial charge < -0.3 is 0 Å². The van der Waals surface area contributed by atoms with Crippen LogP contribution in [-0.4, -0.2) is 0 Å². The number of benzene rings is 5. The minimum atomic E-state index is -2.30. The number of rotatable bonds is 4. The van der Waals surface area contributed by atoms with E-state index in [2.05, 4.69) is 121 Å². The van der Waals surface area contributed by atoms with Crippen molar-refractivity contribution >= 4 is 28.5 Å². The number of hydrogen-bond acceptors (Lipinski definition) is 0. The van der Waals surface area contributed by atoms with Gasteiger partial charge in [-0.3, -0.25) is 0 Å². The SMILES string of the molecule is c1ccc([PH](c2ccccc2)(c2ccccc2)c2ccccc2)cc1.c1ccccc1. The smallest absolute Gasteiger partial charge is 0.0623 e. The van der Waals surface area contributed by atoms with Gasteiger partial charge in [0.15, 0.2) is 0 Å². The van der Waals surface area contributed by atoms with Crippen LogP contribution >= 0.6 is 7.26 Å². The molecule has 5 aromatic carbocycles. The molecule has 0 bridgehead atoms. The second-order valence-corrected chi connectivity index (χ2v) is 11.2. The molecule has 31 heavy (non-hydrogen) atoms. The maximum absolute atomic E-state index is 2.30.